The summed E-state index contributed by atoms with van der Waals surface area (Å²) in [5, 5.41) is 40.2. The van der Waals surface area contributed by atoms with Crippen LogP contribution in [-0.2, 0) is 0 Å². The number of aliphatic hydroxyl groups excluding tert-OH is 4. The van der Waals surface area contributed by atoms with Crippen molar-refractivity contribution in [2.24, 2.45) is 0 Å². The van der Waals surface area contributed by atoms with Gasteiger partial charge in [-0.05, 0) is 11.1 Å². The number of rotatable bonds is 5. The second-order valence-electron chi connectivity index (χ2n) is 6.15. The highest BCUT2D eigenvalue weighted by Gasteiger charge is 2.50. The van der Waals surface area contributed by atoms with Gasteiger partial charge in [0.05, 0.1) is 43.5 Å². The van der Waals surface area contributed by atoms with Crippen LogP contribution in [-0.4, -0.2) is 62.8 Å². The van der Waals surface area contributed by atoms with E-state index in [4.69, 9.17) is 0 Å². The maximum Gasteiger partial charge on any atom is 0.0992 e. The van der Waals surface area contributed by atoms with E-state index in [9.17, 15) is 20.4 Å². The first-order valence-corrected chi connectivity index (χ1v) is 8.14. The molecule has 5 nitrogen and oxygen atoms in total. The fourth-order valence-electron chi connectivity index (χ4n) is 3.65. The van der Waals surface area contributed by atoms with Gasteiger partial charge in [0.25, 0.3) is 0 Å². The van der Waals surface area contributed by atoms with Crippen molar-refractivity contribution >= 4 is 0 Å². The molecule has 0 saturated carbocycles. The van der Waals surface area contributed by atoms with Crippen molar-refractivity contribution in [3.8, 4) is 0 Å². The van der Waals surface area contributed by atoms with Crippen molar-refractivity contribution in [3.63, 3.8) is 0 Å². The fourth-order valence-corrected chi connectivity index (χ4v) is 3.65. The van der Waals surface area contributed by atoms with E-state index >= 15 is 0 Å². The molecule has 0 aliphatic carbocycles. The SMILES string of the molecule is OC[C@@H]1C(O)[C@H](O)[C@H](CO)N1C(c1ccccc1)c1ccccc1. The lowest BCUT2D eigenvalue weighted by atomic mass is 9.95. The number of hydrogen-bond acceptors (Lipinski definition) is 5. The van der Waals surface area contributed by atoms with Crippen molar-refractivity contribution in [3.05, 3.63) is 71.8 Å². The molecule has 1 saturated heterocycles. The Morgan fingerprint density at radius 3 is 1.42 bits per heavy atom. The largest absolute Gasteiger partial charge is 0.395 e. The van der Waals surface area contributed by atoms with E-state index in [1.165, 1.54) is 0 Å². The van der Waals surface area contributed by atoms with Crippen LogP contribution < -0.4 is 0 Å². The number of nitrogens with zero attached hydrogens (tertiary/aromatic N) is 1. The first-order chi connectivity index (χ1) is 11.7. The van der Waals surface area contributed by atoms with Gasteiger partial charge in [0.15, 0.2) is 0 Å². The number of benzene rings is 2. The van der Waals surface area contributed by atoms with Crippen molar-refractivity contribution in [2.75, 3.05) is 13.2 Å². The molecule has 1 heterocycles. The lowest BCUT2D eigenvalue weighted by Gasteiger charge is -2.37. The molecule has 2 aromatic rings. The Bertz CT molecular complexity index is 581. The molecule has 0 radical (unpaired) electrons. The molecule has 5 heteroatoms. The molecule has 0 spiro atoms. The molecular formula is C19H23NO4. The van der Waals surface area contributed by atoms with Crippen LogP contribution in [0.5, 0.6) is 0 Å². The minimum absolute atomic E-state index is 0.284. The Hall–Kier alpha value is -1.76. The Kier molecular flexibility index (Phi) is 5.28. The van der Waals surface area contributed by atoms with Gasteiger partial charge < -0.3 is 20.4 Å². The van der Waals surface area contributed by atoms with Gasteiger partial charge in [0.1, 0.15) is 0 Å². The highest BCUT2D eigenvalue weighted by molar-refractivity contribution is 5.33. The van der Waals surface area contributed by atoms with E-state index in [1.807, 2.05) is 65.6 Å². The van der Waals surface area contributed by atoms with E-state index in [-0.39, 0.29) is 19.3 Å². The number of aliphatic hydroxyl groups is 4. The summed E-state index contributed by atoms with van der Waals surface area (Å²) in [5.41, 5.74) is 1.95. The van der Waals surface area contributed by atoms with E-state index < -0.39 is 24.3 Å². The van der Waals surface area contributed by atoms with E-state index in [0.717, 1.165) is 11.1 Å². The summed E-state index contributed by atoms with van der Waals surface area (Å²) in [6.07, 6.45) is -2.22. The van der Waals surface area contributed by atoms with Crippen LogP contribution in [0.3, 0.4) is 0 Å². The van der Waals surface area contributed by atoms with Crippen molar-refractivity contribution < 1.29 is 20.4 Å². The molecule has 4 N–H and O–H groups in total. The predicted octanol–water partition coefficient (Wildman–Crippen LogP) is 0.535. The van der Waals surface area contributed by atoms with Gasteiger partial charge in [0.2, 0.25) is 0 Å². The lowest BCUT2D eigenvalue weighted by molar-refractivity contribution is 0.0130. The quantitative estimate of drug-likeness (QED) is 0.643. The Balaban J connectivity index is 2.10. The van der Waals surface area contributed by atoms with E-state index in [2.05, 4.69) is 0 Å². The summed E-state index contributed by atoms with van der Waals surface area (Å²) in [5.74, 6) is 0. The van der Waals surface area contributed by atoms with Gasteiger partial charge in [-0.3, -0.25) is 4.90 Å². The second kappa shape index (κ2) is 7.42. The molecule has 1 unspecified atom stereocenters. The van der Waals surface area contributed by atoms with E-state index in [1.54, 1.807) is 0 Å². The van der Waals surface area contributed by atoms with Crippen LogP contribution in [0.15, 0.2) is 60.7 Å². The van der Waals surface area contributed by atoms with Crippen LogP contribution in [0.4, 0.5) is 0 Å². The first kappa shape index (κ1) is 17.1. The summed E-state index contributed by atoms with van der Waals surface area (Å²) in [7, 11) is 0. The summed E-state index contributed by atoms with van der Waals surface area (Å²) >= 11 is 0. The van der Waals surface area contributed by atoms with Gasteiger partial charge in [-0.25, -0.2) is 0 Å². The summed E-state index contributed by atoms with van der Waals surface area (Å²) in [6, 6.07) is 17.8. The molecule has 0 amide bonds. The molecule has 128 valence electrons. The molecule has 0 aromatic heterocycles. The zero-order valence-corrected chi connectivity index (χ0v) is 13.3. The number of hydrogen-bond donors (Lipinski definition) is 4. The minimum Gasteiger partial charge on any atom is -0.395 e. The van der Waals surface area contributed by atoms with Crippen LogP contribution in [0.25, 0.3) is 0 Å². The molecule has 4 atom stereocenters. The normalized spacial score (nSPS) is 27.7. The third-order valence-electron chi connectivity index (χ3n) is 4.81. The van der Waals surface area contributed by atoms with Crippen molar-refractivity contribution in [1.29, 1.82) is 0 Å². The maximum absolute atomic E-state index is 10.3. The first-order valence-electron chi connectivity index (χ1n) is 8.14. The molecule has 0 bridgehead atoms. The molecular weight excluding hydrogens is 306 g/mol. The third-order valence-corrected chi connectivity index (χ3v) is 4.81. The molecule has 2 aromatic carbocycles. The smallest absolute Gasteiger partial charge is 0.0992 e. The second-order valence-corrected chi connectivity index (χ2v) is 6.15. The Morgan fingerprint density at radius 2 is 1.08 bits per heavy atom. The highest BCUT2D eigenvalue weighted by Crippen LogP contribution is 2.38. The molecule has 24 heavy (non-hydrogen) atoms. The fraction of sp³-hybridized carbons (Fsp3) is 0.368. The van der Waals surface area contributed by atoms with Gasteiger partial charge in [-0.15, -0.1) is 0 Å². The number of likely N-dealkylation sites (tertiary alicyclic amines) is 1. The van der Waals surface area contributed by atoms with Crippen molar-refractivity contribution in [1.82, 2.24) is 4.90 Å². The summed E-state index contributed by atoms with van der Waals surface area (Å²) in [4.78, 5) is 1.83. The lowest BCUT2D eigenvalue weighted by Crippen LogP contribution is -2.45. The molecule has 1 aliphatic heterocycles. The standard InChI is InChI=1S/C19H23NO4/c21-11-15-18(23)19(24)16(12-22)20(15)17(13-7-3-1-4-8-13)14-9-5-2-6-10-14/h1-10,15-19,21-24H,11-12H2/t15-,16+,18+,19?/m0/s1. The predicted molar refractivity (Wildman–Crippen MR) is 90.3 cm³/mol. The monoisotopic (exact) mass is 329 g/mol. The average molecular weight is 329 g/mol. The highest BCUT2D eigenvalue weighted by atomic mass is 16.3. The topological polar surface area (TPSA) is 84.2 Å². The third kappa shape index (κ3) is 2.97. The van der Waals surface area contributed by atoms with Crippen molar-refractivity contribution in [2.45, 2.75) is 30.3 Å². The van der Waals surface area contributed by atoms with Crippen LogP contribution >= 0.6 is 0 Å². The summed E-state index contributed by atoms with van der Waals surface area (Å²) < 4.78 is 0. The Morgan fingerprint density at radius 1 is 0.708 bits per heavy atom. The minimum atomic E-state index is -1.11. The molecule has 3 rings (SSSR count). The maximum atomic E-state index is 10.3. The zero-order chi connectivity index (χ0) is 17.1. The average Bonchev–Trinajstić information content (AvgIpc) is 2.87. The Labute approximate surface area is 141 Å². The molecule has 1 fully saturated rings. The summed E-state index contributed by atoms with van der Waals surface area (Å²) in [6.45, 7) is -0.601. The van der Waals surface area contributed by atoms with Crippen LogP contribution in [0, 0.1) is 0 Å². The van der Waals surface area contributed by atoms with Crippen LogP contribution in [0.2, 0.25) is 0 Å². The molecule has 1 aliphatic rings. The van der Waals surface area contributed by atoms with E-state index in [0.29, 0.717) is 0 Å². The van der Waals surface area contributed by atoms with Gasteiger partial charge in [0, 0.05) is 0 Å². The zero-order valence-electron chi connectivity index (χ0n) is 13.3. The van der Waals surface area contributed by atoms with Gasteiger partial charge >= 0.3 is 0 Å². The van der Waals surface area contributed by atoms with Crippen LogP contribution in [0.1, 0.15) is 17.2 Å². The van der Waals surface area contributed by atoms with Gasteiger partial charge in [-0.1, -0.05) is 60.7 Å². The van der Waals surface area contributed by atoms with Gasteiger partial charge in [-0.2, -0.15) is 0 Å².